The first-order valence-corrected chi connectivity index (χ1v) is 8.81. The van der Waals surface area contributed by atoms with E-state index in [1.165, 1.54) is 33.6 Å². The summed E-state index contributed by atoms with van der Waals surface area (Å²) in [6, 6.07) is 4.13. The molecule has 0 bridgehead atoms. The van der Waals surface area contributed by atoms with Crippen LogP contribution in [0.25, 0.3) is 16.6 Å². The fraction of sp³-hybridized carbons (Fsp3) is 0.250. The summed E-state index contributed by atoms with van der Waals surface area (Å²) < 4.78 is 5.36. The van der Waals surface area contributed by atoms with E-state index < -0.39 is 0 Å². The van der Waals surface area contributed by atoms with E-state index in [9.17, 15) is 0 Å². The molecular formula is C16H15BrN4S. The molecule has 0 radical (unpaired) electrons. The predicted octanol–water partition coefficient (Wildman–Crippen LogP) is 4.07. The lowest BCUT2D eigenvalue weighted by atomic mass is 9.99. The second kappa shape index (κ2) is 5.95. The molecule has 0 saturated heterocycles. The molecule has 112 valence electrons. The summed E-state index contributed by atoms with van der Waals surface area (Å²) >= 11 is 5.07. The van der Waals surface area contributed by atoms with Crippen LogP contribution >= 0.6 is 27.5 Å². The van der Waals surface area contributed by atoms with Crippen LogP contribution in [-0.2, 0) is 6.54 Å². The number of rotatable bonds is 3. The third-order valence-corrected chi connectivity index (χ3v) is 5.66. The van der Waals surface area contributed by atoms with E-state index >= 15 is 0 Å². The smallest absolute Gasteiger partial charge is 0.137 e. The number of hydrogen-bond acceptors (Lipinski definition) is 4. The topological polar surface area (TPSA) is 44.8 Å². The Hall–Kier alpha value is -1.50. The molecule has 22 heavy (non-hydrogen) atoms. The minimum Gasteiger partial charge on any atom is -0.346 e. The van der Waals surface area contributed by atoms with Gasteiger partial charge in [0.2, 0.25) is 0 Å². The van der Waals surface area contributed by atoms with Gasteiger partial charge < -0.3 is 4.98 Å². The largest absolute Gasteiger partial charge is 0.346 e. The number of aromatic nitrogens is 3. The summed E-state index contributed by atoms with van der Waals surface area (Å²) in [5.74, 6) is 0. The summed E-state index contributed by atoms with van der Waals surface area (Å²) in [5.41, 5.74) is 4.95. The maximum atomic E-state index is 4.37. The summed E-state index contributed by atoms with van der Waals surface area (Å²) in [7, 11) is 0. The Morgan fingerprint density at radius 1 is 1.41 bits per heavy atom. The lowest BCUT2D eigenvalue weighted by Crippen LogP contribution is -2.27. The molecular weight excluding hydrogens is 360 g/mol. The fourth-order valence-corrected chi connectivity index (χ4v) is 3.90. The highest BCUT2D eigenvalue weighted by Gasteiger charge is 2.17. The van der Waals surface area contributed by atoms with Crippen LogP contribution in [0.5, 0.6) is 0 Å². The Balaban J connectivity index is 1.53. The normalized spacial score (nSPS) is 16.1. The molecule has 1 aliphatic rings. The summed E-state index contributed by atoms with van der Waals surface area (Å²) in [5, 5.41) is 1.21. The van der Waals surface area contributed by atoms with Crippen molar-refractivity contribution in [2.24, 2.45) is 0 Å². The molecule has 3 aromatic rings. The van der Waals surface area contributed by atoms with Crippen molar-refractivity contribution in [1.82, 2.24) is 19.2 Å². The van der Waals surface area contributed by atoms with Gasteiger partial charge in [0, 0.05) is 54.7 Å². The molecule has 0 aromatic carbocycles. The zero-order valence-corrected chi connectivity index (χ0v) is 14.3. The van der Waals surface area contributed by atoms with Gasteiger partial charge in [0.25, 0.3) is 0 Å². The molecule has 0 amide bonds. The van der Waals surface area contributed by atoms with E-state index in [4.69, 9.17) is 0 Å². The van der Waals surface area contributed by atoms with Gasteiger partial charge in [-0.25, -0.2) is 4.98 Å². The van der Waals surface area contributed by atoms with Crippen LogP contribution in [0.15, 0.2) is 40.6 Å². The Kier molecular flexibility index (Phi) is 3.82. The third-order valence-electron chi connectivity index (χ3n) is 4.08. The van der Waals surface area contributed by atoms with E-state index in [1.54, 1.807) is 0 Å². The summed E-state index contributed by atoms with van der Waals surface area (Å²) in [6.45, 7) is 3.00. The number of nitrogens with zero attached hydrogens (tertiary/aromatic N) is 3. The summed E-state index contributed by atoms with van der Waals surface area (Å²) in [6.07, 6.45) is 9.27. The maximum absolute atomic E-state index is 4.37. The fourth-order valence-electron chi connectivity index (χ4n) is 2.91. The van der Waals surface area contributed by atoms with Crippen LogP contribution in [0.1, 0.15) is 17.5 Å². The van der Waals surface area contributed by atoms with E-state index in [0.717, 1.165) is 35.5 Å². The van der Waals surface area contributed by atoms with Gasteiger partial charge in [-0.15, -0.1) is 0 Å². The molecule has 1 aliphatic heterocycles. The average Bonchev–Trinajstić information content (AvgIpc) is 3.15. The van der Waals surface area contributed by atoms with Gasteiger partial charge in [0.05, 0.1) is 3.79 Å². The highest BCUT2D eigenvalue weighted by Crippen LogP contribution is 2.29. The first-order valence-electron chi connectivity index (χ1n) is 7.24. The van der Waals surface area contributed by atoms with E-state index in [0.29, 0.717) is 0 Å². The van der Waals surface area contributed by atoms with Gasteiger partial charge in [0.1, 0.15) is 5.65 Å². The minimum atomic E-state index is 0.955. The standard InChI is InChI=1S/C16H15BrN4S/c17-15-12(8-20-22-15)10-21-6-3-11(4-7-21)14-9-19-16-13(14)2-1-5-18-16/h1-3,5,8-9H,4,6-7,10H2,(H,18,19). The van der Waals surface area contributed by atoms with E-state index in [2.05, 4.69) is 53.5 Å². The molecule has 4 heterocycles. The molecule has 0 atom stereocenters. The quantitative estimate of drug-likeness (QED) is 0.751. The molecule has 1 N–H and O–H groups in total. The highest BCUT2D eigenvalue weighted by atomic mass is 79.9. The van der Waals surface area contributed by atoms with Crippen LogP contribution in [0, 0.1) is 0 Å². The predicted molar refractivity (Wildman–Crippen MR) is 93.8 cm³/mol. The molecule has 3 aromatic heterocycles. The van der Waals surface area contributed by atoms with Crippen molar-refractivity contribution in [3.05, 3.63) is 51.7 Å². The van der Waals surface area contributed by atoms with Crippen molar-refractivity contribution in [2.45, 2.75) is 13.0 Å². The molecule has 0 fully saturated rings. The molecule has 6 heteroatoms. The van der Waals surface area contributed by atoms with Crippen LogP contribution in [0.3, 0.4) is 0 Å². The first-order chi connectivity index (χ1) is 10.8. The second-order valence-electron chi connectivity index (χ2n) is 5.44. The van der Waals surface area contributed by atoms with Gasteiger partial charge in [-0.05, 0) is 51.6 Å². The number of H-pyrrole nitrogens is 1. The molecule has 0 saturated carbocycles. The van der Waals surface area contributed by atoms with Crippen molar-refractivity contribution >= 4 is 44.1 Å². The van der Waals surface area contributed by atoms with Gasteiger partial charge in [-0.3, -0.25) is 4.90 Å². The Bertz CT molecular complexity index is 835. The highest BCUT2D eigenvalue weighted by molar-refractivity contribution is 9.11. The molecule has 0 spiro atoms. The molecule has 4 rings (SSSR count). The van der Waals surface area contributed by atoms with Crippen molar-refractivity contribution in [3.63, 3.8) is 0 Å². The number of pyridine rings is 1. The Labute approximate surface area is 141 Å². The zero-order chi connectivity index (χ0) is 14.9. The average molecular weight is 375 g/mol. The second-order valence-corrected chi connectivity index (χ2v) is 7.56. The number of fused-ring (bicyclic) bond motifs is 1. The molecule has 0 aliphatic carbocycles. The number of hydrogen-bond donors (Lipinski definition) is 1. The number of halogens is 1. The lowest BCUT2D eigenvalue weighted by molar-refractivity contribution is 0.293. The minimum absolute atomic E-state index is 0.955. The van der Waals surface area contributed by atoms with Crippen LogP contribution in [0.2, 0.25) is 0 Å². The van der Waals surface area contributed by atoms with Crippen LogP contribution in [0.4, 0.5) is 0 Å². The maximum Gasteiger partial charge on any atom is 0.137 e. The van der Waals surface area contributed by atoms with E-state index in [1.807, 2.05) is 18.5 Å². The van der Waals surface area contributed by atoms with Crippen molar-refractivity contribution in [3.8, 4) is 0 Å². The van der Waals surface area contributed by atoms with Gasteiger partial charge in [0.15, 0.2) is 0 Å². The van der Waals surface area contributed by atoms with Crippen LogP contribution < -0.4 is 0 Å². The molecule has 0 unspecified atom stereocenters. The Morgan fingerprint density at radius 3 is 3.14 bits per heavy atom. The third kappa shape index (κ3) is 2.62. The van der Waals surface area contributed by atoms with Gasteiger partial charge in [-0.2, -0.15) is 4.37 Å². The summed E-state index contributed by atoms with van der Waals surface area (Å²) in [4.78, 5) is 10.1. The molecule has 4 nitrogen and oxygen atoms in total. The Morgan fingerprint density at radius 2 is 2.36 bits per heavy atom. The SMILES string of the molecule is Brc1sncc1CN1CC=C(c2c[nH]c3ncccc23)CC1. The first kappa shape index (κ1) is 14.1. The number of aromatic amines is 1. The van der Waals surface area contributed by atoms with Crippen molar-refractivity contribution < 1.29 is 0 Å². The lowest BCUT2D eigenvalue weighted by Gasteiger charge is -2.26. The van der Waals surface area contributed by atoms with Gasteiger partial charge in [-0.1, -0.05) is 6.08 Å². The van der Waals surface area contributed by atoms with E-state index in [-0.39, 0.29) is 0 Å². The van der Waals surface area contributed by atoms with Crippen molar-refractivity contribution in [1.29, 1.82) is 0 Å². The zero-order valence-electron chi connectivity index (χ0n) is 11.9. The number of nitrogens with one attached hydrogen (secondary N) is 1. The van der Waals surface area contributed by atoms with Crippen molar-refractivity contribution in [2.75, 3.05) is 13.1 Å². The van der Waals surface area contributed by atoms with Crippen LogP contribution in [-0.4, -0.2) is 32.3 Å². The van der Waals surface area contributed by atoms with Gasteiger partial charge >= 0.3 is 0 Å². The monoisotopic (exact) mass is 374 g/mol.